The van der Waals surface area contributed by atoms with E-state index in [0.29, 0.717) is 33.8 Å². The molecule has 0 bridgehead atoms. The highest BCUT2D eigenvalue weighted by molar-refractivity contribution is 6.32. The molecular formula is C17H20ClN3O4. The summed E-state index contributed by atoms with van der Waals surface area (Å²) in [5.74, 6) is 1.51. The molecule has 0 aliphatic heterocycles. The van der Waals surface area contributed by atoms with Crippen LogP contribution in [0.2, 0.25) is 5.02 Å². The zero-order chi connectivity index (χ0) is 18.0. The second kappa shape index (κ2) is 6.92. The van der Waals surface area contributed by atoms with Crippen LogP contribution >= 0.6 is 11.6 Å². The Balaban J connectivity index is 1.91. The number of nitrogens with zero attached hydrogens (tertiary/aromatic N) is 2. The number of hydrogen-bond donors (Lipinski definition) is 1. The van der Waals surface area contributed by atoms with Crippen molar-refractivity contribution in [2.24, 2.45) is 0 Å². The largest absolute Gasteiger partial charge is 0.493 e. The summed E-state index contributed by atoms with van der Waals surface area (Å²) in [4.78, 5) is 17.2. The Labute approximate surface area is 150 Å². The van der Waals surface area contributed by atoms with Crippen LogP contribution < -0.4 is 14.8 Å². The Morgan fingerprint density at radius 1 is 1.28 bits per heavy atom. The van der Waals surface area contributed by atoms with E-state index in [1.165, 1.54) is 14.2 Å². The average Bonchev–Trinajstić information content (AvgIpc) is 3.23. The van der Waals surface area contributed by atoms with E-state index in [2.05, 4.69) is 15.5 Å². The molecule has 8 heteroatoms. The van der Waals surface area contributed by atoms with E-state index < -0.39 is 5.54 Å². The first-order chi connectivity index (χ1) is 12.0. The van der Waals surface area contributed by atoms with Gasteiger partial charge in [0.05, 0.1) is 19.2 Å². The van der Waals surface area contributed by atoms with Crippen molar-refractivity contribution in [2.45, 2.75) is 38.1 Å². The molecule has 3 rings (SSSR count). The van der Waals surface area contributed by atoms with Gasteiger partial charge in [-0.1, -0.05) is 29.6 Å². The predicted octanol–water partition coefficient (Wildman–Crippen LogP) is 3.25. The molecule has 2 aromatic rings. The van der Waals surface area contributed by atoms with Crippen LogP contribution in [0.15, 0.2) is 16.7 Å². The lowest BCUT2D eigenvalue weighted by Crippen LogP contribution is -2.44. The minimum absolute atomic E-state index is 0.271. The number of nitrogens with one attached hydrogen (secondary N) is 1. The van der Waals surface area contributed by atoms with E-state index in [-0.39, 0.29) is 5.91 Å². The van der Waals surface area contributed by atoms with Crippen molar-refractivity contribution in [3.63, 3.8) is 0 Å². The number of methoxy groups -OCH3 is 2. The maximum Gasteiger partial charge on any atom is 0.252 e. The summed E-state index contributed by atoms with van der Waals surface area (Å²) in [5, 5.41) is 7.41. The SMILES string of the molecule is COc1cc(C(=O)NC2(c3noc(C)n3)CCCC2)cc(Cl)c1OC. The number of ether oxygens (including phenoxy) is 2. The zero-order valence-corrected chi connectivity index (χ0v) is 15.1. The predicted molar refractivity (Wildman–Crippen MR) is 91.2 cm³/mol. The fourth-order valence-corrected chi connectivity index (χ4v) is 3.50. The number of rotatable bonds is 5. The summed E-state index contributed by atoms with van der Waals surface area (Å²) in [5.41, 5.74) is -0.233. The van der Waals surface area contributed by atoms with Gasteiger partial charge in [-0.15, -0.1) is 0 Å². The third-order valence-corrected chi connectivity index (χ3v) is 4.74. The van der Waals surface area contributed by atoms with E-state index in [1.807, 2.05) is 0 Å². The summed E-state index contributed by atoms with van der Waals surface area (Å²) in [6, 6.07) is 3.16. The number of halogens is 1. The Bertz CT molecular complexity index is 784. The van der Waals surface area contributed by atoms with Gasteiger partial charge in [-0.25, -0.2) is 0 Å². The molecule has 1 heterocycles. The van der Waals surface area contributed by atoms with Crippen LogP contribution in [0.4, 0.5) is 0 Å². The number of hydrogen-bond acceptors (Lipinski definition) is 6. The van der Waals surface area contributed by atoms with Crippen LogP contribution in [0.25, 0.3) is 0 Å². The number of aromatic nitrogens is 2. The van der Waals surface area contributed by atoms with Crippen molar-refractivity contribution in [1.29, 1.82) is 0 Å². The van der Waals surface area contributed by atoms with Crippen molar-refractivity contribution in [2.75, 3.05) is 14.2 Å². The number of amides is 1. The molecule has 1 N–H and O–H groups in total. The van der Waals surface area contributed by atoms with Gasteiger partial charge in [-0.05, 0) is 25.0 Å². The van der Waals surface area contributed by atoms with Gasteiger partial charge in [0.15, 0.2) is 17.3 Å². The maximum atomic E-state index is 12.9. The molecule has 1 aliphatic rings. The smallest absolute Gasteiger partial charge is 0.252 e. The Morgan fingerprint density at radius 2 is 2.00 bits per heavy atom. The van der Waals surface area contributed by atoms with Crippen molar-refractivity contribution < 1.29 is 18.8 Å². The molecule has 0 saturated heterocycles. The van der Waals surface area contributed by atoms with Crippen LogP contribution in [-0.2, 0) is 5.54 Å². The number of carbonyl (C=O) groups excluding carboxylic acids is 1. The van der Waals surface area contributed by atoms with E-state index in [9.17, 15) is 4.79 Å². The van der Waals surface area contributed by atoms with Crippen molar-refractivity contribution in [1.82, 2.24) is 15.5 Å². The molecule has 1 fully saturated rings. The second-order valence-electron chi connectivity index (χ2n) is 6.07. The fraction of sp³-hybridized carbons (Fsp3) is 0.471. The number of benzene rings is 1. The standard InChI is InChI=1S/C17H20ClN3O4/c1-10-19-16(21-25-10)17(6-4-5-7-17)20-15(22)11-8-12(18)14(24-3)13(9-11)23-2/h8-9H,4-7H2,1-3H3,(H,20,22). The molecular weight excluding hydrogens is 346 g/mol. The molecule has 7 nitrogen and oxygen atoms in total. The van der Waals surface area contributed by atoms with Crippen LogP contribution in [0.1, 0.15) is 47.8 Å². The normalized spacial score (nSPS) is 15.8. The van der Waals surface area contributed by atoms with Crippen LogP contribution in [-0.4, -0.2) is 30.3 Å². The summed E-state index contributed by atoms with van der Waals surface area (Å²) < 4.78 is 15.6. The highest BCUT2D eigenvalue weighted by Gasteiger charge is 2.41. The van der Waals surface area contributed by atoms with Gasteiger partial charge in [-0.3, -0.25) is 4.79 Å². The molecule has 1 aromatic heterocycles. The number of aryl methyl sites for hydroxylation is 1. The zero-order valence-electron chi connectivity index (χ0n) is 14.4. The van der Waals surface area contributed by atoms with Gasteiger partial charge in [0.25, 0.3) is 5.91 Å². The molecule has 1 saturated carbocycles. The molecule has 0 atom stereocenters. The molecule has 0 radical (unpaired) electrons. The molecule has 25 heavy (non-hydrogen) atoms. The van der Waals surface area contributed by atoms with Crippen molar-refractivity contribution >= 4 is 17.5 Å². The Kier molecular flexibility index (Phi) is 4.85. The molecule has 1 aromatic carbocycles. The first-order valence-electron chi connectivity index (χ1n) is 8.04. The summed E-state index contributed by atoms with van der Waals surface area (Å²) >= 11 is 6.20. The maximum absolute atomic E-state index is 12.9. The Hall–Kier alpha value is -2.28. The van der Waals surface area contributed by atoms with Gasteiger partial charge in [0, 0.05) is 12.5 Å². The van der Waals surface area contributed by atoms with Gasteiger partial charge in [0.1, 0.15) is 5.54 Å². The van der Waals surface area contributed by atoms with Gasteiger partial charge in [-0.2, -0.15) is 4.98 Å². The van der Waals surface area contributed by atoms with Gasteiger partial charge < -0.3 is 19.3 Å². The van der Waals surface area contributed by atoms with Crippen molar-refractivity contribution in [3.8, 4) is 11.5 Å². The number of carbonyl (C=O) groups is 1. The average molecular weight is 366 g/mol. The Morgan fingerprint density at radius 3 is 2.56 bits per heavy atom. The van der Waals surface area contributed by atoms with E-state index in [0.717, 1.165) is 25.7 Å². The molecule has 134 valence electrons. The third kappa shape index (κ3) is 3.28. The van der Waals surface area contributed by atoms with Crippen LogP contribution in [0.3, 0.4) is 0 Å². The molecule has 1 amide bonds. The van der Waals surface area contributed by atoms with E-state index >= 15 is 0 Å². The summed E-state index contributed by atoms with van der Waals surface area (Å²) in [6.45, 7) is 1.73. The van der Waals surface area contributed by atoms with Crippen molar-refractivity contribution in [3.05, 3.63) is 34.4 Å². The minimum Gasteiger partial charge on any atom is -0.493 e. The summed E-state index contributed by atoms with van der Waals surface area (Å²) in [7, 11) is 2.99. The van der Waals surface area contributed by atoms with Crippen LogP contribution in [0.5, 0.6) is 11.5 Å². The van der Waals surface area contributed by atoms with Crippen LogP contribution in [0, 0.1) is 6.92 Å². The van der Waals surface area contributed by atoms with E-state index in [4.69, 9.17) is 25.6 Å². The first kappa shape index (κ1) is 17.5. The highest BCUT2D eigenvalue weighted by atomic mass is 35.5. The van der Waals surface area contributed by atoms with E-state index in [1.54, 1.807) is 19.1 Å². The first-order valence-corrected chi connectivity index (χ1v) is 8.42. The lowest BCUT2D eigenvalue weighted by molar-refractivity contribution is 0.0891. The minimum atomic E-state index is -0.617. The van der Waals surface area contributed by atoms with Gasteiger partial charge >= 0.3 is 0 Å². The molecule has 1 aliphatic carbocycles. The summed E-state index contributed by atoms with van der Waals surface area (Å²) in [6.07, 6.45) is 3.50. The molecule has 0 spiro atoms. The quantitative estimate of drug-likeness (QED) is 0.875. The fourth-order valence-electron chi connectivity index (χ4n) is 3.22. The monoisotopic (exact) mass is 365 g/mol. The highest BCUT2D eigenvalue weighted by Crippen LogP contribution is 2.39. The van der Waals surface area contributed by atoms with Gasteiger partial charge in [0.2, 0.25) is 5.89 Å². The second-order valence-corrected chi connectivity index (χ2v) is 6.48. The molecule has 0 unspecified atom stereocenters. The third-order valence-electron chi connectivity index (χ3n) is 4.46. The lowest BCUT2D eigenvalue weighted by Gasteiger charge is -2.27. The lowest BCUT2D eigenvalue weighted by atomic mass is 9.95. The topological polar surface area (TPSA) is 86.5 Å².